The van der Waals surface area contributed by atoms with E-state index >= 15 is 0 Å². The normalized spacial score (nSPS) is 10.1. The van der Waals surface area contributed by atoms with Crippen LogP contribution in [0.2, 0.25) is 5.02 Å². The zero-order valence-corrected chi connectivity index (χ0v) is 12.9. The lowest BCUT2D eigenvalue weighted by molar-refractivity contribution is 0.0784. The molecular formula is C14H16ClN5O2. The van der Waals surface area contributed by atoms with Gasteiger partial charge in [-0.05, 0) is 18.2 Å². The molecule has 0 aliphatic heterocycles. The molecule has 3 N–H and O–H groups in total. The van der Waals surface area contributed by atoms with Gasteiger partial charge >= 0.3 is 6.03 Å². The minimum Gasteiger partial charge on any atom is -0.347 e. The van der Waals surface area contributed by atoms with Crippen molar-refractivity contribution < 1.29 is 9.59 Å². The van der Waals surface area contributed by atoms with Gasteiger partial charge in [-0.1, -0.05) is 11.6 Å². The van der Waals surface area contributed by atoms with Gasteiger partial charge in [-0.3, -0.25) is 4.79 Å². The molecule has 0 aliphatic carbocycles. The molecule has 0 bridgehead atoms. The van der Waals surface area contributed by atoms with Crippen molar-refractivity contribution in [3.8, 4) is 0 Å². The van der Waals surface area contributed by atoms with Crippen molar-refractivity contribution in [2.45, 2.75) is 6.54 Å². The maximum Gasteiger partial charge on any atom is 0.318 e. The number of anilines is 1. The molecule has 2 rings (SSSR count). The second-order valence-electron chi connectivity index (χ2n) is 4.64. The van der Waals surface area contributed by atoms with Gasteiger partial charge in [-0.25, -0.2) is 9.78 Å². The highest BCUT2D eigenvalue weighted by molar-refractivity contribution is 6.34. The zero-order chi connectivity index (χ0) is 16.1. The van der Waals surface area contributed by atoms with Gasteiger partial charge in [0.2, 0.25) is 0 Å². The topological polar surface area (TPSA) is 90.1 Å². The summed E-state index contributed by atoms with van der Waals surface area (Å²) in [5.74, 6) is -0.250. The summed E-state index contributed by atoms with van der Waals surface area (Å²) in [5, 5.41) is 5.37. The highest BCUT2D eigenvalue weighted by Gasteiger charge is 2.17. The van der Waals surface area contributed by atoms with Gasteiger partial charge in [0.15, 0.2) is 0 Å². The minimum absolute atomic E-state index is 0.250. The number of halogens is 1. The standard InChI is InChI=1S/C14H16ClN5O2/c1-16-14(22)19-9-3-4-12(15)11(5-9)13(21)20(2)7-10-6-17-8-18-10/h3-6,8H,7H2,1-2H3,(H,17,18)(H2,16,19,22). The molecule has 0 atom stereocenters. The number of amides is 3. The molecular weight excluding hydrogens is 306 g/mol. The van der Waals surface area contributed by atoms with Gasteiger partial charge in [-0.2, -0.15) is 0 Å². The van der Waals surface area contributed by atoms with Gasteiger partial charge in [0.05, 0.1) is 29.2 Å². The van der Waals surface area contributed by atoms with Gasteiger partial charge in [0, 0.05) is 26.0 Å². The number of hydrogen-bond acceptors (Lipinski definition) is 3. The zero-order valence-electron chi connectivity index (χ0n) is 12.2. The van der Waals surface area contributed by atoms with E-state index in [4.69, 9.17) is 11.6 Å². The van der Waals surface area contributed by atoms with Crippen LogP contribution in [0.5, 0.6) is 0 Å². The summed E-state index contributed by atoms with van der Waals surface area (Å²) in [4.78, 5) is 32.2. The molecule has 0 unspecified atom stereocenters. The number of H-pyrrole nitrogens is 1. The van der Waals surface area contributed by atoms with Crippen LogP contribution in [0.3, 0.4) is 0 Å². The van der Waals surface area contributed by atoms with Crippen molar-refractivity contribution in [3.63, 3.8) is 0 Å². The Labute approximate surface area is 132 Å². The molecule has 0 saturated carbocycles. The van der Waals surface area contributed by atoms with Crippen molar-refractivity contribution in [3.05, 3.63) is 47.0 Å². The fourth-order valence-electron chi connectivity index (χ4n) is 1.86. The van der Waals surface area contributed by atoms with E-state index in [9.17, 15) is 9.59 Å². The number of carbonyl (C=O) groups excluding carboxylic acids is 2. The number of nitrogens with zero attached hydrogens (tertiary/aromatic N) is 2. The molecule has 1 heterocycles. The van der Waals surface area contributed by atoms with E-state index in [-0.39, 0.29) is 11.9 Å². The second-order valence-corrected chi connectivity index (χ2v) is 5.04. The molecule has 22 heavy (non-hydrogen) atoms. The molecule has 1 aromatic carbocycles. The molecule has 7 nitrogen and oxygen atoms in total. The Morgan fingerprint density at radius 1 is 1.41 bits per heavy atom. The van der Waals surface area contributed by atoms with Crippen molar-refractivity contribution in [1.29, 1.82) is 0 Å². The number of carbonyl (C=O) groups is 2. The number of hydrogen-bond donors (Lipinski definition) is 3. The molecule has 8 heteroatoms. The first kappa shape index (κ1) is 15.8. The monoisotopic (exact) mass is 321 g/mol. The van der Waals surface area contributed by atoms with E-state index in [2.05, 4.69) is 20.6 Å². The van der Waals surface area contributed by atoms with Crippen LogP contribution in [0.15, 0.2) is 30.7 Å². The van der Waals surface area contributed by atoms with E-state index in [1.165, 1.54) is 11.9 Å². The number of imidazole rings is 1. The summed E-state index contributed by atoms with van der Waals surface area (Å²) >= 11 is 6.09. The summed E-state index contributed by atoms with van der Waals surface area (Å²) in [6.45, 7) is 0.377. The van der Waals surface area contributed by atoms with Gasteiger partial charge in [0.1, 0.15) is 0 Å². The summed E-state index contributed by atoms with van der Waals surface area (Å²) in [6.07, 6.45) is 3.20. The van der Waals surface area contributed by atoms with Crippen molar-refractivity contribution in [1.82, 2.24) is 20.2 Å². The maximum absolute atomic E-state index is 12.5. The van der Waals surface area contributed by atoms with Crippen LogP contribution in [0, 0.1) is 0 Å². The lowest BCUT2D eigenvalue weighted by atomic mass is 10.1. The predicted octanol–water partition coefficient (Wildman–Crippen LogP) is 2.09. The number of aromatic nitrogens is 2. The molecule has 0 aliphatic rings. The average molecular weight is 322 g/mol. The Morgan fingerprint density at radius 3 is 2.82 bits per heavy atom. The van der Waals surface area contributed by atoms with Crippen LogP contribution in [-0.4, -0.2) is 40.9 Å². The van der Waals surface area contributed by atoms with Gasteiger partial charge < -0.3 is 20.5 Å². The summed E-state index contributed by atoms with van der Waals surface area (Å²) < 4.78 is 0. The number of rotatable bonds is 4. The van der Waals surface area contributed by atoms with E-state index in [1.807, 2.05) is 0 Å². The molecule has 0 radical (unpaired) electrons. The molecule has 0 spiro atoms. The third-order valence-electron chi connectivity index (χ3n) is 2.99. The van der Waals surface area contributed by atoms with Gasteiger partial charge in [-0.15, -0.1) is 0 Å². The van der Waals surface area contributed by atoms with Gasteiger partial charge in [0.25, 0.3) is 5.91 Å². The smallest absolute Gasteiger partial charge is 0.318 e. The van der Waals surface area contributed by atoms with E-state index in [0.717, 1.165) is 5.69 Å². The molecule has 1 aromatic heterocycles. The summed E-state index contributed by atoms with van der Waals surface area (Å²) in [5.41, 5.74) is 1.62. The van der Waals surface area contributed by atoms with Crippen molar-refractivity contribution in [2.24, 2.45) is 0 Å². The fourth-order valence-corrected chi connectivity index (χ4v) is 2.06. The van der Waals surface area contributed by atoms with E-state index < -0.39 is 0 Å². The minimum atomic E-state index is -0.369. The van der Waals surface area contributed by atoms with Crippen molar-refractivity contribution >= 4 is 29.2 Å². The second kappa shape index (κ2) is 6.95. The Bertz CT molecular complexity index is 672. The third-order valence-corrected chi connectivity index (χ3v) is 3.32. The van der Waals surface area contributed by atoms with Crippen LogP contribution in [-0.2, 0) is 6.54 Å². The van der Waals surface area contributed by atoms with Crippen LogP contribution in [0.25, 0.3) is 0 Å². The van der Waals surface area contributed by atoms with E-state index in [1.54, 1.807) is 37.8 Å². The highest BCUT2D eigenvalue weighted by atomic mass is 35.5. The average Bonchev–Trinajstić information content (AvgIpc) is 3.01. The Kier molecular flexibility index (Phi) is 5.00. The van der Waals surface area contributed by atoms with E-state index in [0.29, 0.717) is 22.8 Å². The van der Waals surface area contributed by atoms with Crippen LogP contribution in [0.4, 0.5) is 10.5 Å². The Morgan fingerprint density at radius 2 is 2.18 bits per heavy atom. The highest BCUT2D eigenvalue weighted by Crippen LogP contribution is 2.22. The van der Waals surface area contributed by atoms with Crippen LogP contribution in [0.1, 0.15) is 16.1 Å². The van der Waals surface area contributed by atoms with Crippen LogP contribution < -0.4 is 10.6 Å². The van der Waals surface area contributed by atoms with Crippen LogP contribution >= 0.6 is 11.6 Å². The Hall–Kier alpha value is -2.54. The quantitative estimate of drug-likeness (QED) is 0.805. The maximum atomic E-state index is 12.5. The van der Waals surface area contributed by atoms with Crippen molar-refractivity contribution in [2.75, 3.05) is 19.4 Å². The fraction of sp³-hybridized carbons (Fsp3) is 0.214. The number of benzene rings is 1. The first-order valence-corrected chi connectivity index (χ1v) is 6.90. The number of nitrogens with one attached hydrogen (secondary N) is 3. The largest absolute Gasteiger partial charge is 0.347 e. The lowest BCUT2D eigenvalue weighted by Crippen LogP contribution is -2.27. The Balaban J connectivity index is 2.17. The number of aromatic amines is 1. The third kappa shape index (κ3) is 3.76. The lowest BCUT2D eigenvalue weighted by Gasteiger charge is -2.17. The predicted molar refractivity (Wildman–Crippen MR) is 83.9 cm³/mol. The molecule has 3 amide bonds. The number of urea groups is 1. The first-order valence-electron chi connectivity index (χ1n) is 6.52. The summed E-state index contributed by atoms with van der Waals surface area (Å²) in [7, 11) is 3.17. The molecule has 0 saturated heterocycles. The molecule has 116 valence electrons. The molecule has 2 aromatic rings. The summed E-state index contributed by atoms with van der Waals surface area (Å²) in [6, 6.07) is 4.38. The SMILES string of the molecule is CNC(=O)Nc1ccc(Cl)c(C(=O)N(C)Cc2cnc[nH]2)c1. The first-order chi connectivity index (χ1) is 10.5. The molecule has 0 fully saturated rings.